The number of carbonyl (C=O) groups excluding carboxylic acids is 2. The maximum atomic E-state index is 13.5. The topological polar surface area (TPSA) is 105 Å². The SMILES string of the molecule is CC(C)(C)OC(=O)NC1CCCCCN(C(=O)OCC2c3ccccc3-c3ccccc32)[C@]1(C)C(=O)O. The van der Waals surface area contributed by atoms with Gasteiger partial charge in [0.1, 0.15) is 12.2 Å². The molecule has 0 spiro atoms. The summed E-state index contributed by atoms with van der Waals surface area (Å²) < 4.78 is 11.2. The number of carboxylic acids is 1. The van der Waals surface area contributed by atoms with E-state index in [2.05, 4.69) is 17.4 Å². The van der Waals surface area contributed by atoms with Gasteiger partial charge in [-0.3, -0.25) is 4.90 Å². The van der Waals surface area contributed by atoms with Crippen molar-refractivity contribution in [3.63, 3.8) is 0 Å². The molecule has 2 aromatic rings. The molecule has 0 aromatic heterocycles. The number of rotatable bonds is 4. The molecule has 37 heavy (non-hydrogen) atoms. The smallest absolute Gasteiger partial charge is 0.410 e. The Morgan fingerprint density at radius 2 is 1.59 bits per heavy atom. The Hall–Kier alpha value is -3.55. The fraction of sp³-hybridized carbons (Fsp3) is 0.483. The third kappa shape index (κ3) is 5.43. The highest BCUT2D eigenvalue weighted by molar-refractivity contribution is 5.86. The van der Waals surface area contributed by atoms with Gasteiger partial charge in [-0.25, -0.2) is 14.4 Å². The Kier molecular flexibility index (Phi) is 7.48. The highest BCUT2D eigenvalue weighted by Crippen LogP contribution is 2.44. The molecule has 1 unspecified atom stereocenters. The standard InChI is InChI=1S/C29H36N2O6/c1-28(2,3)37-26(34)30-24-16-6-5-11-17-31(29(24,4)25(32)33)27(35)36-18-23-21-14-9-7-12-19(21)20-13-8-10-15-22(20)23/h7-10,12-15,23-24H,5-6,11,16-18H2,1-4H3,(H,30,34)(H,32,33)/t24?,29-/m0/s1. The van der Waals surface area contributed by atoms with Gasteiger partial charge in [0, 0.05) is 12.5 Å². The first-order valence-corrected chi connectivity index (χ1v) is 12.9. The molecule has 8 heteroatoms. The normalized spacial score (nSPS) is 21.7. The first-order valence-electron chi connectivity index (χ1n) is 12.9. The summed E-state index contributed by atoms with van der Waals surface area (Å²) in [4.78, 5) is 40.1. The Balaban J connectivity index is 1.56. The monoisotopic (exact) mass is 508 g/mol. The maximum Gasteiger partial charge on any atom is 0.410 e. The van der Waals surface area contributed by atoms with E-state index in [9.17, 15) is 19.5 Å². The van der Waals surface area contributed by atoms with Crippen LogP contribution in [0.25, 0.3) is 11.1 Å². The molecule has 1 fully saturated rings. The fourth-order valence-corrected chi connectivity index (χ4v) is 5.38. The van der Waals surface area contributed by atoms with E-state index < -0.39 is 35.3 Å². The van der Waals surface area contributed by atoms with Crippen molar-refractivity contribution in [1.82, 2.24) is 10.2 Å². The van der Waals surface area contributed by atoms with Gasteiger partial charge >= 0.3 is 18.2 Å². The number of ether oxygens (including phenoxy) is 2. The first kappa shape index (κ1) is 26.5. The molecule has 1 heterocycles. The van der Waals surface area contributed by atoms with Crippen LogP contribution in [-0.2, 0) is 14.3 Å². The van der Waals surface area contributed by atoms with E-state index in [1.807, 2.05) is 36.4 Å². The zero-order valence-corrected chi connectivity index (χ0v) is 22.0. The van der Waals surface area contributed by atoms with Crippen molar-refractivity contribution in [1.29, 1.82) is 0 Å². The van der Waals surface area contributed by atoms with Crippen LogP contribution in [0.1, 0.15) is 70.4 Å². The molecular weight excluding hydrogens is 472 g/mol. The van der Waals surface area contributed by atoms with E-state index in [4.69, 9.17) is 9.47 Å². The van der Waals surface area contributed by atoms with Crippen molar-refractivity contribution in [3.05, 3.63) is 59.7 Å². The van der Waals surface area contributed by atoms with Crippen LogP contribution in [-0.4, -0.2) is 58.5 Å². The highest BCUT2D eigenvalue weighted by Gasteiger charge is 2.51. The Morgan fingerprint density at radius 1 is 1.00 bits per heavy atom. The lowest BCUT2D eigenvalue weighted by Gasteiger charge is -2.44. The molecule has 1 aliphatic carbocycles. The number of aliphatic carboxylic acids is 1. The number of fused-ring (bicyclic) bond motifs is 3. The third-order valence-electron chi connectivity index (χ3n) is 7.29. The van der Waals surface area contributed by atoms with Crippen LogP contribution in [0, 0.1) is 0 Å². The quantitative estimate of drug-likeness (QED) is 0.561. The molecule has 0 radical (unpaired) electrons. The minimum Gasteiger partial charge on any atom is -0.479 e. The molecule has 0 saturated carbocycles. The average molecular weight is 509 g/mol. The second-order valence-corrected chi connectivity index (χ2v) is 11.0. The van der Waals surface area contributed by atoms with E-state index in [-0.39, 0.29) is 19.1 Å². The Labute approximate surface area is 217 Å². The number of amides is 2. The number of hydrogen-bond donors (Lipinski definition) is 2. The molecule has 1 saturated heterocycles. The number of nitrogens with one attached hydrogen (secondary N) is 1. The van der Waals surface area contributed by atoms with Gasteiger partial charge in [0.2, 0.25) is 0 Å². The average Bonchev–Trinajstić information content (AvgIpc) is 3.15. The fourth-order valence-electron chi connectivity index (χ4n) is 5.38. The van der Waals surface area contributed by atoms with Crippen LogP contribution < -0.4 is 5.32 Å². The van der Waals surface area contributed by atoms with Crippen LogP contribution in [0.4, 0.5) is 9.59 Å². The van der Waals surface area contributed by atoms with E-state index in [1.165, 1.54) is 11.8 Å². The molecule has 2 N–H and O–H groups in total. The molecule has 2 aromatic carbocycles. The van der Waals surface area contributed by atoms with Crippen LogP contribution >= 0.6 is 0 Å². The van der Waals surface area contributed by atoms with Gasteiger partial charge in [0.25, 0.3) is 0 Å². The molecule has 2 atom stereocenters. The minimum absolute atomic E-state index is 0.0865. The number of alkyl carbamates (subject to hydrolysis) is 1. The van der Waals surface area contributed by atoms with E-state index >= 15 is 0 Å². The lowest BCUT2D eigenvalue weighted by molar-refractivity contribution is -0.152. The van der Waals surface area contributed by atoms with Crippen LogP contribution in [0.15, 0.2) is 48.5 Å². The molecule has 2 amide bonds. The summed E-state index contributed by atoms with van der Waals surface area (Å²) in [5.41, 5.74) is 1.94. The van der Waals surface area contributed by atoms with Crippen molar-refractivity contribution in [2.45, 2.75) is 76.5 Å². The molecule has 8 nitrogen and oxygen atoms in total. The predicted molar refractivity (Wildman–Crippen MR) is 139 cm³/mol. The van der Waals surface area contributed by atoms with Crippen LogP contribution in [0.2, 0.25) is 0 Å². The minimum atomic E-state index is -1.71. The van der Waals surface area contributed by atoms with E-state index in [0.717, 1.165) is 35.1 Å². The van der Waals surface area contributed by atoms with Crippen LogP contribution in [0.3, 0.4) is 0 Å². The summed E-state index contributed by atoms with van der Waals surface area (Å²) in [7, 11) is 0. The first-order chi connectivity index (χ1) is 17.5. The van der Waals surface area contributed by atoms with Crippen molar-refractivity contribution >= 4 is 18.2 Å². The van der Waals surface area contributed by atoms with Crippen LogP contribution in [0.5, 0.6) is 0 Å². The number of carboxylic acid groups (broad SMARTS) is 1. The van der Waals surface area contributed by atoms with E-state index in [0.29, 0.717) is 12.8 Å². The second kappa shape index (κ2) is 10.4. The Morgan fingerprint density at radius 3 is 2.16 bits per heavy atom. The summed E-state index contributed by atoms with van der Waals surface area (Å²) >= 11 is 0. The lowest BCUT2D eigenvalue weighted by atomic mass is 9.84. The summed E-state index contributed by atoms with van der Waals surface area (Å²) in [6.45, 7) is 7.00. The van der Waals surface area contributed by atoms with Gasteiger partial charge in [-0.2, -0.15) is 0 Å². The lowest BCUT2D eigenvalue weighted by Crippen LogP contribution is -2.67. The van der Waals surface area contributed by atoms with Gasteiger partial charge in [-0.15, -0.1) is 0 Å². The number of hydrogen-bond acceptors (Lipinski definition) is 5. The predicted octanol–water partition coefficient (Wildman–Crippen LogP) is 5.55. The molecule has 4 rings (SSSR count). The van der Waals surface area contributed by atoms with Crippen molar-refractivity contribution in [2.24, 2.45) is 0 Å². The zero-order valence-electron chi connectivity index (χ0n) is 22.0. The van der Waals surface area contributed by atoms with Gasteiger partial charge in [-0.05, 0) is 62.8 Å². The molecule has 2 aliphatic rings. The zero-order chi connectivity index (χ0) is 26.8. The van der Waals surface area contributed by atoms with Gasteiger partial charge < -0.3 is 19.9 Å². The molecule has 0 bridgehead atoms. The summed E-state index contributed by atoms with van der Waals surface area (Å²) in [5, 5.41) is 13.1. The number of carbonyl (C=O) groups is 3. The summed E-state index contributed by atoms with van der Waals surface area (Å²) in [6.07, 6.45) is 1.15. The van der Waals surface area contributed by atoms with Gasteiger partial charge in [0.15, 0.2) is 5.54 Å². The second-order valence-electron chi connectivity index (χ2n) is 11.0. The van der Waals surface area contributed by atoms with Crippen molar-refractivity contribution in [2.75, 3.05) is 13.2 Å². The van der Waals surface area contributed by atoms with Gasteiger partial charge in [-0.1, -0.05) is 61.4 Å². The van der Waals surface area contributed by atoms with Gasteiger partial charge in [0.05, 0.1) is 6.04 Å². The highest BCUT2D eigenvalue weighted by atomic mass is 16.6. The summed E-state index contributed by atoms with van der Waals surface area (Å²) in [6, 6.07) is 15.2. The van der Waals surface area contributed by atoms with Crippen molar-refractivity contribution in [3.8, 4) is 11.1 Å². The Bertz CT molecular complexity index is 1130. The number of likely N-dealkylation sites (tertiary alicyclic amines) is 1. The summed E-state index contributed by atoms with van der Waals surface area (Å²) in [5.74, 6) is -1.35. The molecule has 198 valence electrons. The van der Waals surface area contributed by atoms with Crippen molar-refractivity contribution < 1.29 is 29.0 Å². The number of nitrogens with zero attached hydrogens (tertiary/aromatic N) is 1. The maximum absolute atomic E-state index is 13.5. The molecule has 1 aliphatic heterocycles. The number of benzene rings is 2. The van der Waals surface area contributed by atoms with E-state index in [1.54, 1.807) is 20.8 Å². The molecular formula is C29H36N2O6. The third-order valence-corrected chi connectivity index (χ3v) is 7.29. The largest absolute Gasteiger partial charge is 0.479 e.